The molecule has 2 aliphatic heterocycles. The molecule has 0 saturated carbocycles. The van der Waals surface area contributed by atoms with Crippen LogP contribution in [0, 0.1) is 0 Å². The molecule has 10 heavy (non-hydrogen) atoms. The van der Waals surface area contributed by atoms with Crippen LogP contribution >= 0.6 is 0 Å². The molecule has 2 rings (SSSR count). The van der Waals surface area contributed by atoms with Gasteiger partial charge in [0, 0.05) is 32.5 Å². The third kappa shape index (κ3) is 1.43. The number of nitrogens with one attached hydrogen (secondary N) is 1. The minimum absolute atomic E-state index is 0. The van der Waals surface area contributed by atoms with E-state index in [1.807, 2.05) is 0 Å². The van der Waals surface area contributed by atoms with Crippen LogP contribution in [-0.2, 0) is 20.4 Å². The van der Waals surface area contributed by atoms with Gasteiger partial charge in [0.2, 0.25) is 0 Å². The molecule has 0 radical (unpaired) electrons. The number of hydrogen-bond acceptors (Lipinski definition) is 2. The zero-order valence-corrected chi connectivity index (χ0v) is 7.38. The summed E-state index contributed by atoms with van der Waals surface area (Å²) in [5.74, 6) is 0. The van der Waals surface area contributed by atoms with Crippen LogP contribution in [0.2, 0.25) is 0 Å². The van der Waals surface area contributed by atoms with Gasteiger partial charge in [0.25, 0.3) is 0 Å². The summed E-state index contributed by atoms with van der Waals surface area (Å²) in [5.41, 5.74) is 0. The molecule has 0 spiro atoms. The van der Waals surface area contributed by atoms with Crippen LogP contribution in [0.1, 0.15) is 25.7 Å². The monoisotopic (exact) mass is 233 g/mol. The van der Waals surface area contributed by atoms with Gasteiger partial charge < -0.3 is 10.4 Å². The van der Waals surface area contributed by atoms with Crippen molar-refractivity contribution >= 4 is 0 Å². The average molecular weight is 234 g/mol. The molecule has 2 N–H and O–H groups in total. The van der Waals surface area contributed by atoms with E-state index in [-0.39, 0.29) is 26.5 Å². The third-order valence-corrected chi connectivity index (χ3v) is 2.51. The summed E-state index contributed by atoms with van der Waals surface area (Å²) in [6.45, 7) is 0. The molecule has 3 atom stereocenters. The molecule has 0 aromatic carbocycles. The Morgan fingerprint density at radius 3 is 2.70 bits per heavy atom. The first-order chi connectivity index (χ1) is 4.36. The zero-order chi connectivity index (χ0) is 6.27. The molecular formula is C7H13NOPd. The number of rotatable bonds is 0. The molecule has 2 saturated heterocycles. The number of fused-ring (bicyclic) bond motifs is 2. The van der Waals surface area contributed by atoms with Gasteiger partial charge in [-0.05, 0) is 19.3 Å². The minimum Gasteiger partial charge on any atom is -0.391 e. The Hall–Kier alpha value is 0.582. The van der Waals surface area contributed by atoms with Gasteiger partial charge in [-0.1, -0.05) is 6.42 Å². The average Bonchev–Trinajstić information content (AvgIpc) is 2.09. The molecule has 3 heteroatoms. The summed E-state index contributed by atoms with van der Waals surface area (Å²) in [4.78, 5) is 0. The fraction of sp³-hybridized carbons (Fsp3) is 1.00. The molecule has 0 aromatic rings. The van der Waals surface area contributed by atoms with E-state index < -0.39 is 0 Å². The van der Waals surface area contributed by atoms with E-state index in [4.69, 9.17) is 0 Å². The second-order valence-corrected chi connectivity index (χ2v) is 3.20. The van der Waals surface area contributed by atoms with Crippen LogP contribution in [-0.4, -0.2) is 23.3 Å². The molecule has 2 heterocycles. The maximum Gasteiger partial charge on any atom is 0.0708 e. The summed E-state index contributed by atoms with van der Waals surface area (Å²) < 4.78 is 0. The topological polar surface area (TPSA) is 32.3 Å². The summed E-state index contributed by atoms with van der Waals surface area (Å²) >= 11 is 0. The van der Waals surface area contributed by atoms with Gasteiger partial charge in [0.05, 0.1) is 6.10 Å². The molecule has 62 valence electrons. The Labute approximate surface area is 75.0 Å². The Balaban J connectivity index is 0.000000500. The molecule has 0 aliphatic carbocycles. The number of aliphatic hydroxyl groups excluding tert-OH is 1. The first-order valence-corrected chi connectivity index (χ1v) is 3.80. The molecule has 0 aromatic heterocycles. The van der Waals surface area contributed by atoms with Crippen molar-refractivity contribution in [3.05, 3.63) is 0 Å². The normalized spacial score (nSPS) is 44.7. The van der Waals surface area contributed by atoms with Crippen molar-refractivity contribution in [3.8, 4) is 0 Å². The zero-order valence-electron chi connectivity index (χ0n) is 5.82. The number of hydrogen-bond donors (Lipinski definition) is 2. The van der Waals surface area contributed by atoms with E-state index in [0.717, 1.165) is 6.42 Å². The van der Waals surface area contributed by atoms with Gasteiger partial charge in [-0.3, -0.25) is 0 Å². The third-order valence-electron chi connectivity index (χ3n) is 2.51. The van der Waals surface area contributed by atoms with Crippen LogP contribution in [0.15, 0.2) is 0 Å². The molecular weight excluding hydrogens is 221 g/mol. The van der Waals surface area contributed by atoms with E-state index in [1.165, 1.54) is 19.3 Å². The van der Waals surface area contributed by atoms with E-state index >= 15 is 0 Å². The molecule has 2 aliphatic rings. The van der Waals surface area contributed by atoms with Crippen LogP contribution < -0.4 is 5.32 Å². The molecule has 0 amide bonds. The summed E-state index contributed by atoms with van der Waals surface area (Å²) in [7, 11) is 0. The molecule has 2 nitrogen and oxygen atoms in total. The number of piperidine rings is 1. The Bertz CT molecular complexity index is 118. The van der Waals surface area contributed by atoms with Crippen LogP contribution in [0.5, 0.6) is 0 Å². The van der Waals surface area contributed by atoms with Crippen LogP contribution in [0.25, 0.3) is 0 Å². The van der Waals surface area contributed by atoms with E-state index in [2.05, 4.69) is 5.32 Å². The minimum atomic E-state index is -0.0440. The standard InChI is InChI=1S/C7H13NO.Pd/c9-7-4-5-2-1-3-6(7)8-5;/h5-9H,1-4H2;. The fourth-order valence-electron chi connectivity index (χ4n) is 2.00. The quantitative estimate of drug-likeness (QED) is 0.589. The van der Waals surface area contributed by atoms with Gasteiger partial charge in [-0.15, -0.1) is 0 Å². The molecule has 2 fully saturated rings. The molecule has 2 bridgehead atoms. The second-order valence-electron chi connectivity index (χ2n) is 3.20. The van der Waals surface area contributed by atoms with E-state index in [0.29, 0.717) is 12.1 Å². The van der Waals surface area contributed by atoms with Gasteiger partial charge >= 0.3 is 0 Å². The van der Waals surface area contributed by atoms with E-state index in [1.54, 1.807) is 0 Å². The number of aliphatic hydroxyl groups is 1. The maximum absolute atomic E-state index is 9.34. The Morgan fingerprint density at radius 2 is 2.10 bits per heavy atom. The predicted molar refractivity (Wildman–Crippen MR) is 35.2 cm³/mol. The van der Waals surface area contributed by atoms with Gasteiger partial charge in [-0.2, -0.15) is 0 Å². The summed E-state index contributed by atoms with van der Waals surface area (Å²) in [5, 5.41) is 12.7. The smallest absolute Gasteiger partial charge is 0.0708 e. The predicted octanol–water partition coefficient (Wildman–Crippen LogP) is 0.259. The van der Waals surface area contributed by atoms with Crippen molar-refractivity contribution in [2.75, 3.05) is 0 Å². The van der Waals surface area contributed by atoms with Crippen molar-refractivity contribution in [1.29, 1.82) is 0 Å². The summed E-state index contributed by atoms with van der Waals surface area (Å²) in [6.07, 6.45) is 4.70. The first-order valence-electron chi connectivity index (χ1n) is 3.80. The second kappa shape index (κ2) is 3.32. The van der Waals surface area contributed by atoms with Crippen LogP contribution in [0.4, 0.5) is 0 Å². The fourth-order valence-corrected chi connectivity index (χ4v) is 2.00. The molecule has 3 unspecified atom stereocenters. The SMILES string of the molecule is OC1CC2CCCC1N2.[Pd]. The summed E-state index contributed by atoms with van der Waals surface area (Å²) in [6, 6.07) is 1.07. The maximum atomic E-state index is 9.34. The van der Waals surface area contributed by atoms with Gasteiger partial charge in [0.1, 0.15) is 0 Å². The van der Waals surface area contributed by atoms with Gasteiger partial charge in [-0.25, -0.2) is 0 Å². The van der Waals surface area contributed by atoms with Crippen molar-refractivity contribution in [2.24, 2.45) is 0 Å². The van der Waals surface area contributed by atoms with Crippen molar-refractivity contribution < 1.29 is 25.5 Å². The Morgan fingerprint density at radius 1 is 1.30 bits per heavy atom. The van der Waals surface area contributed by atoms with Crippen LogP contribution in [0.3, 0.4) is 0 Å². The van der Waals surface area contributed by atoms with Crippen molar-refractivity contribution in [2.45, 2.75) is 43.9 Å². The first kappa shape index (κ1) is 8.68. The van der Waals surface area contributed by atoms with Gasteiger partial charge in [0.15, 0.2) is 0 Å². The van der Waals surface area contributed by atoms with E-state index in [9.17, 15) is 5.11 Å². The van der Waals surface area contributed by atoms with Crippen molar-refractivity contribution in [3.63, 3.8) is 0 Å². The Kier molecular flexibility index (Phi) is 2.88. The largest absolute Gasteiger partial charge is 0.391 e. The van der Waals surface area contributed by atoms with Crippen molar-refractivity contribution in [1.82, 2.24) is 5.32 Å².